The highest BCUT2D eigenvalue weighted by Crippen LogP contribution is 2.36. The highest BCUT2D eigenvalue weighted by molar-refractivity contribution is 5.80. The first-order chi connectivity index (χ1) is 8.00. The maximum absolute atomic E-state index is 11.9. The second kappa shape index (κ2) is 4.67. The van der Waals surface area contributed by atoms with Gasteiger partial charge >= 0.3 is 5.97 Å². The minimum absolute atomic E-state index is 0.147. The maximum Gasteiger partial charge on any atom is 0.308 e. The summed E-state index contributed by atoms with van der Waals surface area (Å²) < 4.78 is 0. The molecule has 0 aromatic rings. The second-order valence-corrected chi connectivity index (χ2v) is 5.60. The van der Waals surface area contributed by atoms with E-state index < -0.39 is 5.97 Å². The molecule has 2 rings (SSSR count). The summed E-state index contributed by atoms with van der Waals surface area (Å²) in [5.74, 6) is 0.148. The van der Waals surface area contributed by atoms with Crippen LogP contribution in [0.15, 0.2) is 0 Å². The van der Waals surface area contributed by atoms with Crippen LogP contribution in [0.4, 0.5) is 0 Å². The van der Waals surface area contributed by atoms with E-state index in [2.05, 4.69) is 13.8 Å². The van der Waals surface area contributed by atoms with Gasteiger partial charge in [0.1, 0.15) is 0 Å². The van der Waals surface area contributed by atoms with Crippen LogP contribution in [0.5, 0.6) is 0 Å². The van der Waals surface area contributed by atoms with Gasteiger partial charge in [0, 0.05) is 19.0 Å². The third-order valence-electron chi connectivity index (χ3n) is 4.62. The Bertz CT molecular complexity index is 329. The van der Waals surface area contributed by atoms with Crippen molar-refractivity contribution in [2.24, 2.45) is 17.8 Å². The highest BCUT2D eigenvalue weighted by atomic mass is 16.4. The monoisotopic (exact) mass is 239 g/mol. The van der Waals surface area contributed by atoms with E-state index in [0.29, 0.717) is 31.2 Å². The number of piperidine rings is 1. The molecule has 1 heterocycles. The van der Waals surface area contributed by atoms with Crippen LogP contribution in [0.2, 0.25) is 0 Å². The Balaban J connectivity index is 2.08. The highest BCUT2D eigenvalue weighted by Gasteiger charge is 2.40. The second-order valence-electron chi connectivity index (χ2n) is 5.60. The molecule has 1 saturated carbocycles. The number of amides is 1. The van der Waals surface area contributed by atoms with Crippen LogP contribution in [0.3, 0.4) is 0 Å². The van der Waals surface area contributed by atoms with Gasteiger partial charge in [-0.2, -0.15) is 0 Å². The topological polar surface area (TPSA) is 57.6 Å². The lowest BCUT2D eigenvalue weighted by molar-refractivity contribution is -0.149. The zero-order chi connectivity index (χ0) is 12.6. The lowest BCUT2D eigenvalue weighted by Gasteiger charge is -2.37. The average Bonchev–Trinajstić information content (AvgIpc) is 2.60. The Morgan fingerprint density at radius 3 is 2.53 bits per heavy atom. The molecule has 1 aliphatic heterocycles. The van der Waals surface area contributed by atoms with E-state index in [4.69, 9.17) is 5.11 Å². The van der Waals surface area contributed by atoms with Crippen molar-refractivity contribution in [2.75, 3.05) is 6.54 Å². The summed E-state index contributed by atoms with van der Waals surface area (Å²) in [7, 11) is 0. The van der Waals surface area contributed by atoms with Crippen LogP contribution in [0.1, 0.15) is 39.5 Å². The van der Waals surface area contributed by atoms with Crippen molar-refractivity contribution in [1.29, 1.82) is 0 Å². The molecule has 2 fully saturated rings. The standard InChI is InChI=1S/C13H21NO3/c1-8-3-5-11(9(8)2)14-7-10(13(16)17)4-6-12(14)15/h8-11H,3-7H2,1-2H3,(H,16,17). The van der Waals surface area contributed by atoms with Gasteiger partial charge in [0.15, 0.2) is 0 Å². The summed E-state index contributed by atoms with van der Waals surface area (Å²) >= 11 is 0. The molecular weight excluding hydrogens is 218 g/mol. The van der Waals surface area contributed by atoms with Crippen LogP contribution < -0.4 is 0 Å². The lowest BCUT2D eigenvalue weighted by atomic mass is 9.92. The molecule has 0 bridgehead atoms. The number of hydrogen-bond acceptors (Lipinski definition) is 2. The van der Waals surface area contributed by atoms with E-state index in [9.17, 15) is 9.59 Å². The molecule has 1 saturated heterocycles. The molecule has 4 nitrogen and oxygen atoms in total. The van der Waals surface area contributed by atoms with Crippen molar-refractivity contribution >= 4 is 11.9 Å². The molecule has 17 heavy (non-hydrogen) atoms. The van der Waals surface area contributed by atoms with Crippen molar-refractivity contribution < 1.29 is 14.7 Å². The first kappa shape index (κ1) is 12.4. The zero-order valence-corrected chi connectivity index (χ0v) is 10.6. The van der Waals surface area contributed by atoms with Gasteiger partial charge in [-0.25, -0.2) is 0 Å². The Kier molecular flexibility index (Phi) is 3.40. The first-order valence-electron chi connectivity index (χ1n) is 6.53. The van der Waals surface area contributed by atoms with E-state index in [1.54, 1.807) is 0 Å². The van der Waals surface area contributed by atoms with E-state index in [-0.39, 0.29) is 17.9 Å². The molecule has 1 N–H and O–H groups in total. The van der Waals surface area contributed by atoms with Crippen molar-refractivity contribution in [2.45, 2.75) is 45.6 Å². The van der Waals surface area contributed by atoms with Gasteiger partial charge in [0.05, 0.1) is 5.92 Å². The minimum Gasteiger partial charge on any atom is -0.481 e. The van der Waals surface area contributed by atoms with Crippen molar-refractivity contribution in [1.82, 2.24) is 4.90 Å². The van der Waals surface area contributed by atoms with Gasteiger partial charge in [0.25, 0.3) is 0 Å². The molecule has 2 aliphatic rings. The molecule has 96 valence electrons. The Labute approximate surface area is 102 Å². The molecular formula is C13H21NO3. The first-order valence-corrected chi connectivity index (χ1v) is 6.53. The Morgan fingerprint density at radius 1 is 1.29 bits per heavy atom. The zero-order valence-electron chi connectivity index (χ0n) is 10.6. The summed E-state index contributed by atoms with van der Waals surface area (Å²) in [4.78, 5) is 24.8. The summed E-state index contributed by atoms with van der Waals surface area (Å²) in [5, 5.41) is 9.07. The normalized spacial score (nSPS) is 38.5. The molecule has 1 amide bonds. The predicted molar refractivity (Wildman–Crippen MR) is 63.4 cm³/mol. The quantitative estimate of drug-likeness (QED) is 0.798. The summed E-state index contributed by atoms with van der Waals surface area (Å²) in [6.07, 6.45) is 3.07. The third kappa shape index (κ3) is 2.31. The summed E-state index contributed by atoms with van der Waals surface area (Å²) in [6, 6.07) is 0.264. The van der Waals surface area contributed by atoms with Crippen LogP contribution in [-0.4, -0.2) is 34.5 Å². The summed E-state index contributed by atoms with van der Waals surface area (Å²) in [6.45, 7) is 4.81. The number of nitrogens with zero attached hydrogens (tertiary/aromatic N) is 1. The molecule has 0 spiro atoms. The largest absolute Gasteiger partial charge is 0.481 e. The van der Waals surface area contributed by atoms with Crippen molar-refractivity contribution in [3.63, 3.8) is 0 Å². The number of rotatable bonds is 2. The van der Waals surface area contributed by atoms with Gasteiger partial charge in [0.2, 0.25) is 5.91 Å². The number of carbonyl (C=O) groups excluding carboxylic acids is 1. The molecule has 4 heteroatoms. The smallest absolute Gasteiger partial charge is 0.308 e. The van der Waals surface area contributed by atoms with Gasteiger partial charge in [-0.15, -0.1) is 0 Å². The Hall–Kier alpha value is -1.06. The van der Waals surface area contributed by atoms with E-state index in [1.807, 2.05) is 4.90 Å². The molecule has 4 atom stereocenters. The van der Waals surface area contributed by atoms with E-state index in [1.165, 1.54) is 0 Å². The number of carboxylic acid groups (broad SMARTS) is 1. The number of carboxylic acids is 1. The van der Waals surface area contributed by atoms with Crippen LogP contribution >= 0.6 is 0 Å². The van der Waals surface area contributed by atoms with Crippen LogP contribution in [0.25, 0.3) is 0 Å². The predicted octanol–water partition coefficient (Wildman–Crippen LogP) is 1.74. The fourth-order valence-corrected chi connectivity index (χ4v) is 3.17. The maximum atomic E-state index is 11.9. The fourth-order valence-electron chi connectivity index (χ4n) is 3.17. The van der Waals surface area contributed by atoms with Crippen LogP contribution in [-0.2, 0) is 9.59 Å². The minimum atomic E-state index is -0.763. The van der Waals surface area contributed by atoms with Crippen molar-refractivity contribution in [3.05, 3.63) is 0 Å². The molecule has 1 aliphatic carbocycles. The van der Waals surface area contributed by atoms with Gasteiger partial charge in [-0.3, -0.25) is 9.59 Å². The SMILES string of the molecule is CC1CCC(N2CC(C(=O)O)CCC2=O)C1C. The number of likely N-dealkylation sites (tertiary alicyclic amines) is 1. The van der Waals surface area contributed by atoms with Crippen LogP contribution in [0, 0.1) is 17.8 Å². The van der Waals surface area contributed by atoms with Gasteiger partial charge < -0.3 is 10.0 Å². The molecule has 0 aromatic heterocycles. The third-order valence-corrected chi connectivity index (χ3v) is 4.62. The summed E-state index contributed by atoms with van der Waals surface area (Å²) in [5.41, 5.74) is 0. The van der Waals surface area contributed by atoms with Crippen molar-refractivity contribution in [3.8, 4) is 0 Å². The number of carbonyl (C=O) groups is 2. The Morgan fingerprint density at radius 2 is 2.00 bits per heavy atom. The number of aliphatic carboxylic acids is 1. The fraction of sp³-hybridized carbons (Fsp3) is 0.846. The van der Waals surface area contributed by atoms with Gasteiger partial charge in [-0.1, -0.05) is 13.8 Å². The molecule has 4 unspecified atom stereocenters. The lowest BCUT2D eigenvalue weighted by Crippen LogP contribution is -2.49. The van der Waals surface area contributed by atoms with Gasteiger partial charge in [-0.05, 0) is 31.1 Å². The van der Waals surface area contributed by atoms with E-state index in [0.717, 1.165) is 12.8 Å². The number of hydrogen-bond donors (Lipinski definition) is 1. The molecule has 0 radical (unpaired) electrons. The van der Waals surface area contributed by atoms with E-state index >= 15 is 0 Å². The average molecular weight is 239 g/mol. The molecule has 0 aromatic carbocycles.